The van der Waals surface area contributed by atoms with Crippen LogP contribution in [0.15, 0.2) is 0 Å². The molecular formula is C13H24F2O2S. The van der Waals surface area contributed by atoms with Gasteiger partial charge in [0.25, 0.3) is 0 Å². The maximum atomic E-state index is 11.8. The fourth-order valence-electron chi connectivity index (χ4n) is 1.40. The van der Waals surface area contributed by atoms with Crippen molar-refractivity contribution in [3.8, 4) is 0 Å². The van der Waals surface area contributed by atoms with E-state index in [9.17, 15) is 13.6 Å². The van der Waals surface area contributed by atoms with Gasteiger partial charge in [-0.2, -0.15) is 11.8 Å². The Morgan fingerprint density at radius 2 is 1.89 bits per heavy atom. The molecule has 1 atom stereocenters. The van der Waals surface area contributed by atoms with Crippen molar-refractivity contribution in [1.82, 2.24) is 0 Å². The molecule has 5 heteroatoms. The molecule has 0 bridgehead atoms. The van der Waals surface area contributed by atoms with Crippen LogP contribution in [0.4, 0.5) is 8.78 Å². The number of thioether (sulfide) groups is 1. The lowest BCUT2D eigenvalue weighted by molar-refractivity contribution is -0.143. The molecule has 0 aliphatic carbocycles. The number of hydrogen-bond acceptors (Lipinski definition) is 3. The first-order chi connectivity index (χ1) is 8.56. The number of carbonyl (C=O) groups excluding carboxylic acids is 1. The van der Waals surface area contributed by atoms with Crippen molar-refractivity contribution < 1.29 is 18.3 Å². The Hall–Kier alpha value is -0.320. The highest BCUT2D eigenvalue weighted by Crippen LogP contribution is 2.15. The summed E-state index contributed by atoms with van der Waals surface area (Å²) in [7, 11) is 0. The number of ether oxygens (including phenoxy) is 1. The minimum atomic E-state index is -2.16. The number of rotatable bonds is 11. The number of hydrogen-bond donors (Lipinski definition) is 0. The van der Waals surface area contributed by atoms with Crippen LogP contribution in [0.3, 0.4) is 0 Å². The van der Waals surface area contributed by atoms with Gasteiger partial charge in [-0.05, 0) is 25.5 Å². The smallest absolute Gasteiger partial charge is 0.305 e. The van der Waals surface area contributed by atoms with Gasteiger partial charge in [0.05, 0.1) is 0 Å². The van der Waals surface area contributed by atoms with Crippen molar-refractivity contribution in [3.63, 3.8) is 0 Å². The fourth-order valence-corrected chi connectivity index (χ4v) is 2.34. The minimum absolute atomic E-state index is 0.0243. The van der Waals surface area contributed by atoms with Crippen LogP contribution in [0.25, 0.3) is 0 Å². The third-order valence-corrected chi connectivity index (χ3v) is 3.72. The van der Waals surface area contributed by atoms with Crippen molar-refractivity contribution in [2.24, 2.45) is 0 Å². The second-order valence-corrected chi connectivity index (χ2v) is 5.86. The van der Waals surface area contributed by atoms with E-state index in [4.69, 9.17) is 4.74 Å². The van der Waals surface area contributed by atoms with Crippen LogP contribution >= 0.6 is 11.8 Å². The summed E-state index contributed by atoms with van der Waals surface area (Å²) in [5.41, 5.74) is 0. The maximum Gasteiger partial charge on any atom is 0.305 e. The predicted octanol–water partition coefficient (Wildman–Crippen LogP) is 4.28. The molecule has 0 aromatic rings. The molecule has 108 valence electrons. The molecule has 0 amide bonds. The lowest BCUT2D eigenvalue weighted by Crippen LogP contribution is -2.12. The normalized spacial score (nSPS) is 12.7. The fraction of sp³-hybridized carbons (Fsp3) is 0.923. The van der Waals surface area contributed by atoms with Crippen LogP contribution in [-0.2, 0) is 9.53 Å². The topological polar surface area (TPSA) is 26.3 Å². The van der Waals surface area contributed by atoms with Gasteiger partial charge in [0, 0.05) is 18.1 Å². The Kier molecular flexibility index (Phi) is 11.5. The molecule has 0 aromatic heterocycles. The number of esters is 1. The minimum Gasteiger partial charge on any atom is -0.465 e. The summed E-state index contributed by atoms with van der Waals surface area (Å²) in [4.78, 5) is 10.9. The van der Waals surface area contributed by atoms with Crippen LogP contribution in [0.1, 0.15) is 52.4 Å². The molecule has 18 heavy (non-hydrogen) atoms. The average Bonchev–Trinajstić information content (AvgIpc) is 2.34. The summed E-state index contributed by atoms with van der Waals surface area (Å²) in [6, 6.07) is 0. The Balaban J connectivity index is 3.25. The first kappa shape index (κ1) is 17.7. The summed E-state index contributed by atoms with van der Waals surface area (Å²) >= 11 is 1.77. The summed E-state index contributed by atoms with van der Waals surface area (Å²) in [5.74, 6) is 0.842. The summed E-state index contributed by atoms with van der Waals surface area (Å²) in [6.07, 6.45) is 1.82. The zero-order chi connectivity index (χ0) is 13.8. The van der Waals surface area contributed by atoms with E-state index in [1.165, 1.54) is 0 Å². The molecule has 0 aliphatic rings. The van der Waals surface area contributed by atoms with Crippen LogP contribution < -0.4 is 0 Å². The molecular weight excluding hydrogens is 258 g/mol. The van der Waals surface area contributed by atoms with Crippen LogP contribution in [0, 0.1) is 0 Å². The molecule has 0 fully saturated rings. The van der Waals surface area contributed by atoms with E-state index in [-0.39, 0.29) is 12.4 Å². The summed E-state index contributed by atoms with van der Waals surface area (Å²) in [6.45, 7) is 4.27. The van der Waals surface area contributed by atoms with Gasteiger partial charge in [-0.25, -0.2) is 8.78 Å². The third-order valence-electron chi connectivity index (χ3n) is 2.49. The number of carbonyl (C=O) groups is 1. The lowest BCUT2D eigenvalue weighted by Gasteiger charge is -2.11. The molecule has 0 radical (unpaired) electrons. The van der Waals surface area contributed by atoms with Gasteiger partial charge in [0.2, 0.25) is 6.43 Å². The molecule has 0 N–H and O–H groups in total. The van der Waals surface area contributed by atoms with Crippen LogP contribution in [-0.4, -0.2) is 30.0 Å². The Morgan fingerprint density at radius 1 is 1.22 bits per heavy atom. The molecule has 0 rings (SSSR count). The van der Waals surface area contributed by atoms with Gasteiger partial charge < -0.3 is 4.74 Å². The van der Waals surface area contributed by atoms with E-state index in [1.54, 1.807) is 18.7 Å². The number of halogens is 2. The molecule has 2 nitrogen and oxygen atoms in total. The third kappa shape index (κ3) is 12.1. The highest BCUT2D eigenvalue weighted by atomic mass is 32.2. The Bertz CT molecular complexity index is 213. The standard InChI is InChI=1S/C13H24F2O2S/c1-3-13(16)17-10-11(2)18-9-7-5-4-6-8-12(14)15/h11-12H,3-10H2,1-2H3. The lowest BCUT2D eigenvalue weighted by atomic mass is 10.2. The zero-order valence-corrected chi connectivity index (χ0v) is 12.1. The van der Waals surface area contributed by atoms with Gasteiger partial charge in [0.1, 0.15) is 6.61 Å². The summed E-state index contributed by atoms with van der Waals surface area (Å²) in [5, 5.41) is 0.307. The quantitative estimate of drug-likeness (QED) is 0.418. The second-order valence-electron chi connectivity index (χ2n) is 4.31. The van der Waals surface area contributed by atoms with E-state index in [0.29, 0.717) is 24.7 Å². The molecule has 0 aliphatic heterocycles. The Morgan fingerprint density at radius 3 is 2.50 bits per heavy atom. The number of unbranched alkanes of at least 4 members (excludes halogenated alkanes) is 3. The van der Waals surface area contributed by atoms with Crippen molar-refractivity contribution >= 4 is 17.7 Å². The monoisotopic (exact) mass is 282 g/mol. The zero-order valence-electron chi connectivity index (χ0n) is 11.3. The average molecular weight is 282 g/mol. The largest absolute Gasteiger partial charge is 0.465 e. The molecule has 0 spiro atoms. The van der Waals surface area contributed by atoms with Crippen LogP contribution in [0.5, 0.6) is 0 Å². The Labute approximate surface area is 113 Å². The highest BCUT2D eigenvalue weighted by molar-refractivity contribution is 7.99. The van der Waals surface area contributed by atoms with Crippen molar-refractivity contribution in [3.05, 3.63) is 0 Å². The molecule has 0 saturated carbocycles. The van der Waals surface area contributed by atoms with E-state index in [1.807, 2.05) is 6.92 Å². The van der Waals surface area contributed by atoms with Gasteiger partial charge >= 0.3 is 5.97 Å². The van der Waals surface area contributed by atoms with E-state index >= 15 is 0 Å². The first-order valence-corrected chi connectivity index (χ1v) is 7.66. The van der Waals surface area contributed by atoms with Gasteiger partial charge in [0.15, 0.2) is 0 Å². The second kappa shape index (κ2) is 11.8. The SMILES string of the molecule is CCC(=O)OCC(C)SCCCCCCC(F)F. The highest BCUT2D eigenvalue weighted by Gasteiger charge is 2.06. The summed E-state index contributed by atoms with van der Waals surface area (Å²) < 4.78 is 28.7. The maximum absolute atomic E-state index is 11.8. The molecule has 0 heterocycles. The van der Waals surface area contributed by atoms with Crippen molar-refractivity contribution in [2.75, 3.05) is 12.4 Å². The van der Waals surface area contributed by atoms with E-state index in [0.717, 1.165) is 25.0 Å². The van der Waals surface area contributed by atoms with Crippen LogP contribution in [0.2, 0.25) is 0 Å². The van der Waals surface area contributed by atoms with Crippen molar-refractivity contribution in [1.29, 1.82) is 0 Å². The van der Waals surface area contributed by atoms with Crippen molar-refractivity contribution in [2.45, 2.75) is 64.0 Å². The van der Waals surface area contributed by atoms with Gasteiger partial charge in [-0.1, -0.05) is 19.8 Å². The first-order valence-electron chi connectivity index (χ1n) is 6.61. The molecule has 1 unspecified atom stereocenters. The number of alkyl halides is 2. The van der Waals surface area contributed by atoms with Gasteiger partial charge in [-0.3, -0.25) is 4.79 Å². The predicted molar refractivity (Wildman–Crippen MR) is 72.3 cm³/mol. The molecule has 0 saturated heterocycles. The van der Waals surface area contributed by atoms with E-state index in [2.05, 4.69) is 0 Å². The van der Waals surface area contributed by atoms with Gasteiger partial charge in [-0.15, -0.1) is 0 Å². The van der Waals surface area contributed by atoms with E-state index < -0.39 is 6.43 Å². The molecule has 0 aromatic carbocycles.